The Bertz CT molecular complexity index is 416. The third kappa shape index (κ3) is 2.39. The lowest BCUT2D eigenvalue weighted by Crippen LogP contribution is -2.51. The Labute approximate surface area is 118 Å². The van der Waals surface area contributed by atoms with Gasteiger partial charge >= 0.3 is 11.2 Å². The molecule has 0 aromatic carbocycles. The van der Waals surface area contributed by atoms with Crippen LogP contribution >= 0.6 is 0 Å². The van der Waals surface area contributed by atoms with Crippen molar-refractivity contribution in [3.8, 4) is 0 Å². The Kier molecular flexibility index (Phi) is 3.40. The summed E-state index contributed by atoms with van der Waals surface area (Å²) >= 11 is -3.31. The van der Waals surface area contributed by atoms with Gasteiger partial charge in [-0.3, -0.25) is 4.79 Å². The summed E-state index contributed by atoms with van der Waals surface area (Å²) in [7, 11) is 0. The molecule has 1 unspecified atom stereocenters. The van der Waals surface area contributed by atoms with Crippen molar-refractivity contribution in [1.82, 2.24) is 0 Å². The second-order valence-electron chi connectivity index (χ2n) is 6.66. The quantitative estimate of drug-likeness (QED) is 0.640. The SMILES string of the molecule is O=C(OCC(F)(F)S(=O)O)C12CC3CC(CC(C3)C1)C2. The summed E-state index contributed by atoms with van der Waals surface area (Å²) in [5.41, 5.74) is -0.609. The molecular weight excluding hydrogens is 290 g/mol. The minimum atomic E-state index is -3.89. The molecule has 0 spiro atoms. The molecule has 0 amide bonds. The molecule has 0 heterocycles. The summed E-state index contributed by atoms with van der Waals surface area (Å²) in [6, 6.07) is 0. The maximum Gasteiger partial charge on any atom is 0.378 e. The van der Waals surface area contributed by atoms with Gasteiger partial charge in [0.2, 0.25) is 11.1 Å². The second kappa shape index (κ2) is 4.73. The van der Waals surface area contributed by atoms with Crippen LogP contribution in [0, 0.1) is 23.2 Å². The van der Waals surface area contributed by atoms with Gasteiger partial charge in [0, 0.05) is 0 Å². The zero-order valence-corrected chi connectivity index (χ0v) is 11.8. The number of halogens is 2. The lowest BCUT2D eigenvalue weighted by Gasteiger charge is -2.55. The molecule has 1 atom stereocenters. The van der Waals surface area contributed by atoms with Crippen LogP contribution in [0.15, 0.2) is 0 Å². The van der Waals surface area contributed by atoms with E-state index < -0.39 is 34.3 Å². The number of ether oxygens (including phenoxy) is 1. The summed E-state index contributed by atoms with van der Waals surface area (Å²) in [6.07, 6.45) is 5.61. The largest absolute Gasteiger partial charge is 0.458 e. The highest BCUT2D eigenvalue weighted by molar-refractivity contribution is 7.80. The molecule has 0 aromatic rings. The summed E-state index contributed by atoms with van der Waals surface area (Å²) in [5.74, 6) is 0.950. The fraction of sp³-hybridized carbons (Fsp3) is 0.923. The van der Waals surface area contributed by atoms with Gasteiger partial charge in [-0.2, -0.15) is 8.78 Å². The van der Waals surface area contributed by atoms with Gasteiger partial charge in [-0.05, 0) is 56.3 Å². The molecule has 4 aliphatic rings. The summed E-state index contributed by atoms with van der Waals surface area (Å²) < 4.78 is 49.7. The van der Waals surface area contributed by atoms with E-state index >= 15 is 0 Å². The van der Waals surface area contributed by atoms with E-state index in [1.54, 1.807) is 0 Å². The summed E-state index contributed by atoms with van der Waals surface area (Å²) in [5, 5.41) is -3.89. The molecule has 0 radical (unpaired) electrons. The molecule has 4 rings (SSSR count). The molecule has 0 aliphatic heterocycles. The van der Waals surface area contributed by atoms with Crippen LogP contribution in [0.25, 0.3) is 0 Å². The number of esters is 1. The van der Waals surface area contributed by atoms with Crippen LogP contribution in [0.4, 0.5) is 8.78 Å². The summed E-state index contributed by atoms with van der Waals surface area (Å²) in [6.45, 7) is -1.31. The first-order valence-corrected chi connectivity index (χ1v) is 8.07. The molecule has 4 bridgehead atoms. The van der Waals surface area contributed by atoms with Gasteiger partial charge in [0.1, 0.15) is 0 Å². The topological polar surface area (TPSA) is 63.6 Å². The third-order valence-electron chi connectivity index (χ3n) is 5.10. The minimum absolute atomic E-state index is 0.515. The van der Waals surface area contributed by atoms with Crippen LogP contribution in [0.3, 0.4) is 0 Å². The van der Waals surface area contributed by atoms with Gasteiger partial charge < -0.3 is 9.29 Å². The van der Waals surface area contributed by atoms with Crippen LogP contribution in [-0.4, -0.2) is 26.6 Å². The Morgan fingerprint density at radius 3 is 2.05 bits per heavy atom. The van der Waals surface area contributed by atoms with E-state index in [1.165, 1.54) is 0 Å². The number of alkyl halides is 2. The Morgan fingerprint density at radius 2 is 1.65 bits per heavy atom. The smallest absolute Gasteiger partial charge is 0.378 e. The van der Waals surface area contributed by atoms with Gasteiger partial charge in [0.25, 0.3) is 0 Å². The Balaban J connectivity index is 1.67. The van der Waals surface area contributed by atoms with Gasteiger partial charge in [-0.1, -0.05) is 0 Å². The van der Waals surface area contributed by atoms with Gasteiger partial charge in [-0.15, -0.1) is 0 Å². The first kappa shape index (κ1) is 14.4. The van der Waals surface area contributed by atoms with Crippen molar-refractivity contribution < 1.29 is 27.1 Å². The maximum absolute atomic E-state index is 13.1. The zero-order chi connectivity index (χ0) is 14.5. The van der Waals surface area contributed by atoms with Crippen LogP contribution in [-0.2, 0) is 20.6 Å². The number of carbonyl (C=O) groups excluding carboxylic acids is 1. The van der Waals surface area contributed by atoms with Crippen molar-refractivity contribution in [3.63, 3.8) is 0 Å². The molecule has 4 aliphatic carbocycles. The normalized spacial score (nSPS) is 40.6. The molecule has 4 saturated carbocycles. The first-order chi connectivity index (χ1) is 9.31. The average molecular weight is 308 g/mol. The number of carbonyl (C=O) groups is 1. The lowest BCUT2D eigenvalue weighted by molar-refractivity contribution is -0.176. The minimum Gasteiger partial charge on any atom is -0.458 e. The highest BCUT2D eigenvalue weighted by atomic mass is 32.2. The summed E-state index contributed by atoms with van der Waals surface area (Å²) in [4.78, 5) is 12.2. The molecule has 0 saturated heterocycles. The Morgan fingerprint density at radius 1 is 1.20 bits per heavy atom. The molecule has 20 heavy (non-hydrogen) atoms. The monoisotopic (exact) mass is 308 g/mol. The van der Waals surface area contributed by atoms with E-state index in [0.29, 0.717) is 17.8 Å². The highest BCUT2D eigenvalue weighted by Gasteiger charge is 2.56. The third-order valence-corrected chi connectivity index (χ3v) is 5.73. The van der Waals surface area contributed by atoms with E-state index in [9.17, 15) is 17.8 Å². The number of hydrogen-bond acceptors (Lipinski definition) is 3. The van der Waals surface area contributed by atoms with Crippen LogP contribution in [0.1, 0.15) is 38.5 Å². The molecule has 7 heteroatoms. The van der Waals surface area contributed by atoms with Crippen molar-refractivity contribution in [2.75, 3.05) is 6.61 Å². The molecule has 0 aromatic heterocycles. The lowest BCUT2D eigenvalue weighted by atomic mass is 9.49. The molecule has 114 valence electrons. The average Bonchev–Trinajstić information content (AvgIpc) is 2.34. The van der Waals surface area contributed by atoms with Crippen molar-refractivity contribution >= 4 is 17.0 Å². The van der Waals surface area contributed by atoms with Gasteiger partial charge in [-0.25, -0.2) is 4.21 Å². The van der Waals surface area contributed by atoms with Crippen LogP contribution in [0.5, 0.6) is 0 Å². The van der Waals surface area contributed by atoms with E-state index in [0.717, 1.165) is 38.5 Å². The molecule has 4 nitrogen and oxygen atoms in total. The van der Waals surface area contributed by atoms with E-state index in [2.05, 4.69) is 0 Å². The van der Waals surface area contributed by atoms with Gasteiger partial charge in [0.05, 0.1) is 5.41 Å². The number of rotatable bonds is 4. The van der Waals surface area contributed by atoms with Crippen molar-refractivity contribution in [2.45, 2.75) is 43.8 Å². The van der Waals surface area contributed by atoms with Crippen molar-refractivity contribution in [3.05, 3.63) is 0 Å². The van der Waals surface area contributed by atoms with Crippen LogP contribution < -0.4 is 0 Å². The second-order valence-corrected chi connectivity index (χ2v) is 7.76. The zero-order valence-electron chi connectivity index (χ0n) is 11.0. The van der Waals surface area contributed by atoms with E-state index in [4.69, 9.17) is 9.29 Å². The highest BCUT2D eigenvalue weighted by Crippen LogP contribution is 2.60. The van der Waals surface area contributed by atoms with Gasteiger partial charge in [0.15, 0.2) is 6.61 Å². The first-order valence-electron chi connectivity index (χ1n) is 6.97. The van der Waals surface area contributed by atoms with E-state index in [-0.39, 0.29) is 0 Å². The maximum atomic E-state index is 13.1. The standard InChI is InChI=1S/C13H18F2O4S/c14-13(15,20(17)18)7-19-11(16)12-4-8-1-9(5-12)3-10(2-8)6-12/h8-10H,1-7H2,(H,17,18). The predicted molar refractivity (Wildman–Crippen MR) is 67.3 cm³/mol. The molecule has 4 fully saturated rings. The van der Waals surface area contributed by atoms with Crippen molar-refractivity contribution in [2.24, 2.45) is 23.2 Å². The predicted octanol–water partition coefficient (Wildman–Crippen LogP) is 2.56. The Hall–Kier alpha value is -0.560. The fourth-order valence-electron chi connectivity index (χ4n) is 4.71. The molecular formula is C13H18F2O4S. The van der Waals surface area contributed by atoms with Crippen LogP contribution in [0.2, 0.25) is 0 Å². The van der Waals surface area contributed by atoms with Crippen molar-refractivity contribution in [1.29, 1.82) is 0 Å². The molecule has 1 N–H and O–H groups in total. The van der Waals surface area contributed by atoms with E-state index in [1.807, 2.05) is 0 Å². The number of hydrogen-bond donors (Lipinski definition) is 1. The fourth-order valence-corrected chi connectivity index (χ4v) is 4.87.